The van der Waals surface area contributed by atoms with E-state index in [1.54, 1.807) is 0 Å². The van der Waals surface area contributed by atoms with Gasteiger partial charge in [0, 0.05) is 0 Å². The third kappa shape index (κ3) is 5.00. The average molecular weight is 774 g/mol. The zero-order valence-corrected chi connectivity index (χ0v) is 33.9. The fourth-order valence-electron chi connectivity index (χ4n) is 9.80. The van der Waals surface area contributed by atoms with Crippen LogP contribution in [-0.2, 0) is 15.6 Å². The Bertz CT molecular complexity index is 2320. The summed E-state index contributed by atoms with van der Waals surface area (Å²) < 4.78 is 0.176. The van der Waals surface area contributed by atoms with Crippen LogP contribution in [-0.4, -0.2) is 5.92 Å². The summed E-state index contributed by atoms with van der Waals surface area (Å²) in [5.41, 5.74) is 13.3. The molecule has 6 aromatic rings. The van der Waals surface area contributed by atoms with Crippen LogP contribution < -0.4 is 0 Å². The zero-order valence-electron chi connectivity index (χ0n) is 28.8. The van der Waals surface area contributed by atoms with Gasteiger partial charge in [-0.05, 0) is 0 Å². The van der Waals surface area contributed by atoms with E-state index in [4.69, 9.17) is 17.0 Å². The molecule has 6 aromatic carbocycles. The molecule has 0 spiro atoms. The van der Waals surface area contributed by atoms with Crippen LogP contribution in [0.5, 0.6) is 0 Å². The van der Waals surface area contributed by atoms with Crippen LogP contribution in [0, 0.1) is 0 Å². The number of halogens is 2. The average Bonchev–Trinajstić information content (AvgIpc) is 3.70. The van der Waals surface area contributed by atoms with Crippen molar-refractivity contribution in [1.29, 1.82) is 0 Å². The Balaban J connectivity index is 1.36. The monoisotopic (exact) mass is 771 g/mol. The third-order valence-electron chi connectivity index (χ3n) is 11.9. The van der Waals surface area contributed by atoms with Gasteiger partial charge in [0.15, 0.2) is 0 Å². The van der Waals surface area contributed by atoms with Crippen LogP contribution in [0.2, 0.25) is 12.1 Å². The Hall–Kier alpha value is -3.00. The molecule has 2 aliphatic rings. The predicted molar refractivity (Wildman–Crippen MR) is 216 cm³/mol. The Labute approximate surface area is 300 Å². The van der Waals surface area contributed by atoms with Gasteiger partial charge in [0.05, 0.1) is 0 Å². The van der Waals surface area contributed by atoms with E-state index in [0.717, 1.165) is 18.5 Å². The zero-order chi connectivity index (χ0) is 33.9. The van der Waals surface area contributed by atoms with Crippen molar-refractivity contribution in [3.63, 3.8) is 0 Å². The Morgan fingerprint density at radius 1 is 0.531 bits per heavy atom. The molecule has 2 aliphatic carbocycles. The molecule has 4 heteroatoms. The molecule has 8 rings (SSSR count). The second-order valence-electron chi connectivity index (χ2n) is 14.2. The SMILES string of the molecule is CCC1=Cc2c(-c3cccc4ccccc34)cccc2[CH]1[Zr]([Cl])([Cl])([CH]1C(C)=Cc2c(-c3cccc4ccccc34)cccc21)[SiH](CC)CC. The first kappa shape index (κ1) is 33.2. The second-order valence-corrected chi connectivity index (χ2v) is 55.0. The minimum atomic E-state index is -4.91. The van der Waals surface area contributed by atoms with Gasteiger partial charge in [-0.3, -0.25) is 0 Å². The van der Waals surface area contributed by atoms with Gasteiger partial charge < -0.3 is 0 Å². The van der Waals surface area contributed by atoms with Gasteiger partial charge >= 0.3 is 303 Å². The second kappa shape index (κ2) is 12.6. The molecule has 0 bridgehead atoms. The molecule has 2 atom stereocenters. The molecule has 0 aliphatic heterocycles. The van der Waals surface area contributed by atoms with Gasteiger partial charge in [0.2, 0.25) is 0 Å². The molecular formula is C45H43Cl2SiZr. The molecule has 0 saturated carbocycles. The molecule has 0 radical (unpaired) electrons. The summed E-state index contributed by atoms with van der Waals surface area (Å²) in [6, 6.07) is 46.9. The van der Waals surface area contributed by atoms with Gasteiger partial charge in [-0.1, -0.05) is 0 Å². The summed E-state index contributed by atoms with van der Waals surface area (Å²) >= 11 is -4.91. The van der Waals surface area contributed by atoms with E-state index in [-0.39, 0.29) is 7.25 Å². The molecule has 0 amide bonds. The topological polar surface area (TPSA) is 0 Å². The van der Waals surface area contributed by atoms with Crippen molar-refractivity contribution in [2.45, 2.75) is 53.5 Å². The summed E-state index contributed by atoms with van der Waals surface area (Å²) in [5.74, 6) is -1.65. The quantitative estimate of drug-likeness (QED) is 0.135. The van der Waals surface area contributed by atoms with Crippen LogP contribution in [0.25, 0.3) is 56.0 Å². The van der Waals surface area contributed by atoms with Gasteiger partial charge in [-0.2, -0.15) is 0 Å². The summed E-state index contributed by atoms with van der Waals surface area (Å²) in [7, 11) is 17.7. The molecule has 49 heavy (non-hydrogen) atoms. The predicted octanol–water partition coefficient (Wildman–Crippen LogP) is 14.1. The summed E-state index contributed by atoms with van der Waals surface area (Å²) in [6.45, 7) is 9.38. The Morgan fingerprint density at radius 2 is 0.980 bits per heavy atom. The van der Waals surface area contributed by atoms with Crippen molar-refractivity contribution in [3.8, 4) is 22.3 Å². The molecular weight excluding hydrogens is 731 g/mol. The van der Waals surface area contributed by atoms with E-state index in [0.29, 0.717) is 0 Å². The van der Waals surface area contributed by atoms with Crippen LogP contribution in [0.3, 0.4) is 0 Å². The van der Waals surface area contributed by atoms with Gasteiger partial charge in [0.25, 0.3) is 0 Å². The van der Waals surface area contributed by atoms with Crippen molar-refractivity contribution in [3.05, 3.63) is 155 Å². The summed E-state index contributed by atoms with van der Waals surface area (Å²) in [6.07, 6.45) is 5.89. The maximum absolute atomic E-state index is 8.84. The number of allylic oxidation sites excluding steroid dienone is 2. The van der Waals surface area contributed by atoms with E-state index in [2.05, 4.69) is 161 Å². The van der Waals surface area contributed by atoms with E-state index < -0.39 is 21.5 Å². The van der Waals surface area contributed by atoms with E-state index in [9.17, 15) is 0 Å². The summed E-state index contributed by atoms with van der Waals surface area (Å²) in [5, 5.41) is 5.10. The Morgan fingerprint density at radius 3 is 1.51 bits per heavy atom. The van der Waals surface area contributed by atoms with Crippen molar-refractivity contribution in [1.82, 2.24) is 0 Å². The van der Waals surface area contributed by atoms with Crippen LogP contribution in [0.15, 0.2) is 132 Å². The van der Waals surface area contributed by atoms with Crippen molar-refractivity contribution in [2.75, 3.05) is 0 Å². The normalized spacial score (nSPS) is 17.9. The summed E-state index contributed by atoms with van der Waals surface area (Å²) in [4.78, 5) is 0. The first-order valence-corrected chi connectivity index (χ1v) is 33.6. The molecule has 0 fully saturated rings. The first-order chi connectivity index (χ1) is 23.8. The first-order valence-electron chi connectivity index (χ1n) is 18.0. The van der Waals surface area contributed by atoms with Crippen molar-refractivity contribution >= 4 is 56.6 Å². The molecule has 245 valence electrons. The maximum atomic E-state index is 8.84. The van der Waals surface area contributed by atoms with Crippen molar-refractivity contribution < 1.29 is 15.6 Å². The third-order valence-corrected chi connectivity index (χ3v) is 62.0. The molecule has 2 unspecified atom stereocenters. The van der Waals surface area contributed by atoms with Crippen molar-refractivity contribution in [2.24, 2.45) is 0 Å². The molecule has 0 N–H and O–H groups in total. The molecule has 0 nitrogen and oxygen atoms in total. The number of benzene rings is 6. The number of rotatable bonds is 8. The minimum absolute atomic E-state index is 0.0818. The van der Waals surface area contributed by atoms with Gasteiger partial charge in [0.1, 0.15) is 0 Å². The van der Waals surface area contributed by atoms with E-state index in [1.165, 1.54) is 77.2 Å². The molecule has 0 heterocycles. The van der Waals surface area contributed by atoms with E-state index >= 15 is 0 Å². The van der Waals surface area contributed by atoms with Gasteiger partial charge in [-0.25, -0.2) is 0 Å². The van der Waals surface area contributed by atoms with Crippen LogP contribution in [0.1, 0.15) is 63.6 Å². The van der Waals surface area contributed by atoms with Crippen LogP contribution in [0.4, 0.5) is 0 Å². The fourth-order valence-corrected chi connectivity index (χ4v) is 63.5. The standard InChI is InChI=1S/C21H17.C20H15.C4H11Si.2ClH.Zr/c1-2-15-13-17-9-6-12-20(21(17)14-15)19-11-5-8-16-7-3-4-10-18(16)19;1-14-12-16-8-5-11-19(20(16)13-14)18-10-4-7-15-6-2-3-9-17(15)18;1-3-5-4-2;;;/h3-14H,2H2,1H3;2-13H,1H3;5H,3-4H2,1-2H3;2*1H;/q;;;;;+2/p-2. The molecule has 0 aromatic heterocycles. The Kier molecular flexibility index (Phi) is 8.56. The van der Waals surface area contributed by atoms with E-state index in [1.807, 2.05) is 0 Å². The molecule has 0 saturated heterocycles. The number of hydrogen-bond acceptors (Lipinski definition) is 0. The number of hydrogen-bond donors (Lipinski definition) is 0. The van der Waals surface area contributed by atoms with Crippen LogP contribution >= 0.6 is 17.0 Å². The number of fused-ring (bicyclic) bond motifs is 4. The fraction of sp³-hybridized carbons (Fsp3) is 0.200. The van der Waals surface area contributed by atoms with Gasteiger partial charge in [-0.15, -0.1) is 0 Å².